The van der Waals surface area contributed by atoms with Gasteiger partial charge in [-0.25, -0.2) is 4.98 Å². The highest BCUT2D eigenvalue weighted by Crippen LogP contribution is 2.25. The minimum Gasteiger partial charge on any atom is -0.482 e. The van der Waals surface area contributed by atoms with Gasteiger partial charge in [0.05, 0.1) is 10.7 Å². The Kier molecular flexibility index (Phi) is 5.13. The molecule has 0 aliphatic rings. The number of nitrogens with zero attached hydrogens (tertiary/aromatic N) is 1. The van der Waals surface area contributed by atoms with Gasteiger partial charge in [0.1, 0.15) is 5.75 Å². The number of hydrogen-bond acceptors (Lipinski definition) is 4. The summed E-state index contributed by atoms with van der Waals surface area (Å²) in [6.07, 6.45) is 0. The van der Waals surface area contributed by atoms with Gasteiger partial charge in [-0.15, -0.1) is 11.3 Å². The third-order valence-electron chi connectivity index (χ3n) is 3.29. The topological polar surface area (TPSA) is 51.2 Å². The first-order valence-corrected chi connectivity index (χ1v) is 8.57. The van der Waals surface area contributed by atoms with Crippen molar-refractivity contribution in [2.24, 2.45) is 0 Å². The summed E-state index contributed by atoms with van der Waals surface area (Å²) in [4.78, 5) is 16.4. The molecular weight excluding hydrogens is 344 g/mol. The molecule has 4 nitrogen and oxygen atoms in total. The van der Waals surface area contributed by atoms with E-state index in [1.807, 2.05) is 36.6 Å². The lowest BCUT2D eigenvalue weighted by Gasteiger charge is -2.07. The molecular formula is C18H15ClN2O2S. The van der Waals surface area contributed by atoms with Gasteiger partial charge >= 0.3 is 0 Å². The first kappa shape index (κ1) is 16.5. The molecule has 122 valence electrons. The zero-order valence-corrected chi connectivity index (χ0v) is 14.5. The Morgan fingerprint density at radius 3 is 2.71 bits per heavy atom. The van der Waals surface area contributed by atoms with Crippen LogP contribution in [0.1, 0.15) is 5.56 Å². The molecule has 0 aliphatic carbocycles. The van der Waals surface area contributed by atoms with Gasteiger partial charge in [-0.2, -0.15) is 0 Å². The van der Waals surface area contributed by atoms with Crippen molar-refractivity contribution in [1.29, 1.82) is 0 Å². The third-order valence-corrected chi connectivity index (χ3v) is 4.36. The van der Waals surface area contributed by atoms with Crippen LogP contribution in [0.15, 0.2) is 53.9 Å². The fraction of sp³-hybridized carbons (Fsp3) is 0.111. The average Bonchev–Trinajstić information content (AvgIpc) is 3.03. The normalized spacial score (nSPS) is 10.4. The maximum atomic E-state index is 12.0. The highest BCUT2D eigenvalue weighted by molar-refractivity contribution is 7.14. The summed E-state index contributed by atoms with van der Waals surface area (Å²) in [5, 5.41) is 5.66. The molecule has 0 unspecified atom stereocenters. The molecule has 0 aliphatic heterocycles. The minimum atomic E-state index is -0.278. The summed E-state index contributed by atoms with van der Waals surface area (Å²) < 4.78 is 5.41. The van der Waals surface area contributed by atoms with Crippen LogP contribution in [0.3, 0.4) is 0 Å². The molecule has 3 rings (SSSR count). The van der Waals surface area contributed by atoms with Crippen LogP contribution >= 0.6 is 22.9 Å². The summed E-state index contributed by atoms with van der Waals surface area (Å²) in [5.41, 5.74) is 3.05. The average molecular weight is 359 g/mol. The van der Waals surface area contributed by atoms with Crippen molar-refractivity contribution >= 4 is 34.0 Å². The van der Waals surface area contributed by atoms with Crippen LogP contribution in [0.25, 0.3) is 11.3 Å². The van der Waals surface area contributed by atoms with Gasteiger partial charge in [0.25, 0.3) is 5.91 Å². The molecule has 1 N–H and O–H groups in total. The Labute approximate surface area is 149 Å². The van der Waals surface area contributed by atoms with Crippen molar-refractivity contribution in [1.82, 2.24) is 4.98 Å². The second kappa shape index (κ2) is 7.47. The van der Waals surface area contributed by atoms with Crippen molar-refractivity contribution in [3.05, 3.63) is 64.5 Å². The lowest BCUT2D eigenvalue weighted by atomic mass is 10.1. The Morgan fingerprint density at radius 1 is 1.21 bits per heavy atom. The number of para-hydroxylation sites is 1. The third kappa shape index (κ3) is 4.13. The molecule has 0 bridgehead atoms. The number of ether oxygens (including phenoxy) is 1. The van der Waals surface area contributed by atoms with E-state index in [1.54, 1.807) is 24.3 Å². The maximum absolute atomic E-state index is 12.0. The van der Waals surface area contributed by atoms with Crippen molar-refractivity contribution in [2.75, 3.05) is 11.9 Å². The number of carbonyl (C=O) groups excluding carboxylic acids is 1. The highest BCUT2D eigenvalue weighted by atomic mass is 35.5. The molecule has 0 fully saturated rings. The highest BCUT2D eigenvalue weighted by Gasteiger charge is 2.09. The smallest absolute Gasteiger partial charge is 0.264 e. The van der Waals surface area contributed by atoms with Crippen molar-refractivity contribution < 1.29 is 9.53 Å². The fourth-order valence-electron chi connectivity index (χ4n) is 2.05. The number of nitrogens with one attached hydrogen (secondary N) is 1. The number of aryl methyl sites for hydroxylation is 1. The number of aromatic nitrogens is 1. The van der Waals surface area contributed by atoms with Crippen molar-refractivity contribution in [3.63, 3.8) is 0 Å². The number of hydrogen-bond donors (Lipinski definition) is 1. The molecule has 0 saturated heterocycles. The lowest BCUT2D eigenvalue weighted by Crippen LogP contribution is -2.20. The van der Waals surface area contributed by atoms with E-state index < -0.39 is 0 Å². The van der Waals surface area contributed by atoms with Gasteiger partial charge in [-0.05, 0) is 19.1 Å². The summed E-state index contributed by atoms with van der Waals surface area (Å²) in [7, 11) is 0. The molecule has 1 heterocycles. The van der Waals surface area contributed by atoms with Crippen LogP contribution < -0.4 is 10.1 Å². The Bertz CT molecular complexity index is 846. The molecule has 2 aromatic carbocycles. The van der Waals surface area contributed by atoms with E-state index >= 15 is 0 Å². The first-order chi connectivity index (χ1) is 11.6. The quantitative estimate of drug-likeness (QED) is 0.713. The van der Waals surface area contributed by atoms with E-state index in [-0.39, 0.29) is 12.5 Å². The molecule has 0 atom stereocenters. The number of halogens is 1. The predicted octanol–water partition coefficient (Wildman–Crippen LogP) is 4.79. The molecule has 1 amide bonds. The summed E-state index contributed by atoms with van der Waals surface area (Å²) in [5.74, 6) is 0.202. The lowest BCUT2D eigenvalue weighted by molar-refractivity contribution is -0.118. The number of rotatable bonds is 5. The van der Waals surface area contributed by atoms with Crippen LogP contribution in [-0.4, -0.2) is 17.5 Å². The number of carbonyl (C=O) groups is 1. The summed E-state index contributed by atoms with van der Waals surface area (Å²) in [6.45, 7) is 1.92. The van der Waals surface area contributed by atoms with Crippen LogP contribution in [0.5, 0.6) is 5.75 Å². The van der Waals surface area contributed by atoms with E-state index in [9.17, 15) is 4.79 Å². The zero-order chi connectivity index (χ0) is 16.9. The Morgan fingerprint density at radius 2 is 1.96 bits per heavy atom. The molecule has 0 radical (unpaired) electrons. The van der Waals surface area contributed by atoms with Crippen LogP contribution in [0.2, 0.25) is 5.02 Å². The van der Waals surface area contributed by atoms with Gasteiger partial charge < -0.3 is 4.74 Å². The number of thiazole rings is 1. The van der Waals surface area contributed by atoms with Crippen LogP contribution in [0.4, 0.5) is 5.13 Å². The fourth-order valence-corrected chi connectivity index (χ4v) is 2.97. The van der Waals surface area contributed by atoms with E-state index in [4.69, 9.17) is 16.3 Å². The Balaban J connectivity index is 1.59. The SMILES string of the molecule is Cc1ccc(-c2csc(NC(=O)COc3ccccc3Cl)n2)cc1. The molecule has 6 heteroatoms. The summed E-state index contributed by atoms with van der Waals surface area (Å²) in [6, 6.07) is 15.1. The molecule has 24 heavy (non-hydrogen) atoms. The van der Waals surface area contributed by atoms with Gasteiger partial charge in [0.2, 0.25) is 0 Å². The Hall–Kier alpha value is -2.37. The first-order valence-electron chi connectivity index (χ1n) is 7.31. The largest absolute Gasteiger partial charge is 0.482 e. The van der Waals surface area contributed by atoms with E-state index in [0.717, 1.165) is 11.3 Å². The van der Waals surface area contributed by atoms with E-state index in [2.05, 4.69) is 10.3 Å². The monoisotopic (exact) mass is 358 g/mol. The standard InChI is InChI=1S/C18H15ClN2O2S/c1-12-6-8-13(9-7-12)15-11-24-18(20-15)21-17(22)10-23-16-5-3-2-4-14(16)19/h2-9,11H,10H2,1H3,(H,20,21,22). The van der Waals surface area contributed by atoms with Gasteiger partial charge in [0.15, 0.2) is 11.7 Å². The zero-order valence-electron chi connectivity index (χ0n) is 13.0. The number of anilines is 1. The van der Waals surface area contributed by atoms with E-state index in [1.165, 1.54) is 16.9 Å². The molecule has 0 spiro atoms. The second-order valence-corrected chi connectivity index (χ2v) is 6.44. The molecule has 1 aromatic heterocycles. The number of amides is 1. The van der Waals surface area contributed by atoms with Crippen LogP contribution in [0, 0.1) is 6.92 Å². The van der Waals surface area contributed by atoms with Crippen molar-refractivity contribution in [3.8, 4) is 17.0 Å². The van der Waals surface area contributed by atoms with Crippen molar-refractivity contribution in [2.45, 2.75) is 6.92 Å². The molecule has 0 saturated carbocycles. The van der Waals surface area contributed by atoms with Gasteiger partial charge in [-0.1, -0.05) is 53.6 Å². The second-order valence-electron chi connectivity index (χ2n) is 5.17. The maximum Gasteiger partial charge on any atom is 0.264 e. The van der Waals surface area contributed by atoms with E-state index in [0.29, 0.717) is 15.9 Å². The van der Waals surface area contributed by atoms with Gasteiger partial charge in [-0.3, -0.25) is 10.1 Å². The summed E-state index contributed by atoms with van der Waals surface area (Å²) >= 11 is 7.36. The van der Waals surface area contributed by atoms with Gasteiger partial charge in [0, 0.05) is 10.9 Å². The number of benzene rings is 2. The predicted molar refractivity (Wildman–Crippen MR) is 97.9 cm³/mol. The van der Waals surface area contributed by atoms with Crippen LogP contribution in [-0.2, 0) is 4.79 Å². The minimum absolute atomic E-state index is 0.122. The molecule has 3 aromatic rings.